The highest BCUT2D eigenvalue weighted by molar-refractivity contribution is 4.98. The molecule has 2 heterocycles. The maximum atomic E-state index is 6.18. The molecule has 0 aromatic heterocycles. The maximum absolute atomic E-state index is 6.18. The lowest BCUT2D eigenvalue weighted by molar-refractivity contribution is -0.111. The van der Waals surface area contributed by atoms with Crippen molar-refractivity contribution < 1.29 is 4.74 Å². The maximum Gasteiger partial charge on any atom is 0.0678 e. The van der Waals surface area contributed by atoms with E-state index in [0.29, 0.717) is 12.2 Å². The summed E-state index contributed by atoms with van der Waals surface area (Å²) in [6.45, 7) is 13.1. The second-order valence-corrected chi connectivity index (χ2v) is 6.43. The third-order valence-corrected chi connectivity index (χ3v) is 4.80. The normalized spacial score (nSPS) is 33.5. The number of nitrogens with two attached hydrogens (primary N) is 1. The minimum Gasteiger partial charge on any atom is -0.373 e. The summed E-state index contributed by atoms with van der Waals surface area (Å²) in [4.78, 5) is 5.20. The van der Waals surface area contributed by atoms with Crippen LogP contribution in [-0.4, -0.2) is 66.8 Å². The van der Waals surface area contributed by atoms with Gasteiger partial charge >= 0.3 is 0 Å². The van der Waals surface area contributed by atoms with Crippen LogP contribution in [0.15, 0.2) is 0 Å². The summed E-state index contributed by atoms with van der Waals surface area (Å²) in [5.41, 5.74) is 6.40. The van der Waals surface area contributed by atoms with E-state index in [-0.39, 0.29) is 5.54 Å². The third-order valence-electron chi connectivity index (χ3n) is 4.80. The lowest BCUT2D eigenvalue weighted by atomic mass is 9.84. The SMILES string of the molecule is CCCN1CCC(CN)(N2CC(C)OC(C)C2)CC1. The van der Waals surface area contributed by atoms with E-state index in [4.69, 9.17) is 10.5 Å². The van der Waals surface area contributed by atoms with Crippen LogP contribution in [0.1, 0.15) is 40.0 Å². The van der Waals surface area contributed by atoms with E-state index >= 15 is 0 Å². The van der Waals surface area contributed by atoms with Gasteiger partial charge in [-0.1, -0.05) is 6.92 Å². The quantitative estimate of drug-likeness (QED) is 0.835. The fraction of sp³-hybridized carbons (Fsp3) is 1.00. The zero-order chi connectivity index (χ0) is 13.9. The Morgan fingerprint density at radius 1 is 1.16 bits per heavy atom. The molecule has 2 aliphatic heterocycles. The van der Waals surface area contributed by atoms with Gasteiger partial charge in [0.05, 0.1) is 12.2 Å². The van der Waals surface area contributed by atoms with Crippen molar-refractivity contribution in [1.29, 1.82) is 0 Å². The molecule has 2 saturated heterocycles. The Kier molecular flexibility index (Phi) is 5.23. The van der Waals surface area contributed by atoms with Gasteiger partial charge in [0.25, 0.3) is 0 Å². The molecule has 0 aliphatic carbocycles. The van der Waals surface area contributed by atoms with Crippen LogP contribution in [-0.2, 0) is 4.74 Å². The molecule has 0 aromatic carbocycles. The van der Waals surface area contributed by atoms with Crippen LogP contribution in [0.5, 0.6) is 0 Å². The summed E-state index contributed by atoms with van der Waals surface area (Å²) in [6.07, 6.45) is 4.34. The highest BCUT2D eigenvalue weighted by atomic mass is 16.5. The second kappa shape index (κ2) is 6.53. The highest BCUT2D eigenvalue weighted by Crippen LogP contribution is 2.31. The summed E-state index contributed by atoms with van der Waals surface area (Å²) in [7, 11) is 0. The van der Waals surface area contributed by atoms with Crippen molar-refractivity contribution in [3.8, 4) is 0 Å². The summed E-state index contributed by atoms with van der Waals surface area (Å²) in [6, 6.07) is 0. The summed E-state index contributed by atoms with van der Waals surface area (Å²) in [5, 5.41) is 0. The van der Waals surface area contributed by atoms with Gasteiger partial charge in [0.1, 0.15) is 0 Å². The smallest absolute Gasteiger partial charge is 0.0678 e. The molecular formula is C15H31N3O. The molecule has 19 heavy (non-hydrogen) atoms. The average Bonchev–Trinajstić information content (AvgIpc) is 2.39. The Bertz CT molecular complexity index is 267. The number of likely N-dealkylation sites (tertiary alicyclic amines) is 1. The number of piperidine rings is 1. The Morgan fingerprint density at radius 3 is 2.21 bits per heavy atom. The topological polar surface area (TPSA) is 41.7 Å². The zero-order valence-electron chi connectivity index (χ0n) is 12.9. The summed E-state index contributed by atoms with van der Waals surface area (Å²) in [5.74, 6) is 0. The highest BCUT2D eigenvalue weighted by Gasteiger charge is 2.41. The molecule has 2 rings (SSSR count). The first kappa shape index (κ1) is 15.2. The molecule has 0 aromatic rings. The first-order valence-corrected chi connectivity index (χ1v) is 7.92. The molecule has 2 N–H and O–H groups in total. The molecule has 0 radical (unpaired) electrons. The van der Waals surface area contributed by atoms with E-state index in [1.54, 1.807) is 0 Å². The number of ether oxygens (including phenoxy) is 1. The van der Waals surface area contributed by atoms with Gasteiger partial charge in [-0.25, -0.2) is 0 Å². The fourth-order valence-electron chi connectivity index (χ4n) is 3.72. The van der Waals surface area contributed by atoms with Crippen molar-refractivity contribution in [2.75, 3.05) is 39.3 Å². The molecule has 2 atom stereocenters. The molecular weight excluding hydrogens is 238 g/mol. The van der Waals surface area contributed by atoms with Crippen LogP contribution < -0.4 is 5.73 Å². The molecule has 2 unspecified atom stereocenters. The van der Waals surface area contributed by atoms with Gasteiger partial charge in [0.15, 0.2) is 0 Å². The van der Waals surface area contributed by atoms with Crippen LogP contribution >= 0.6 is 0 Å². The molecule has 4 nitrogen and oxygen atoms in total. The third kappa shape index (κ3) is 3.48. The zero-order valence-corrected chi connectivity index (χ0v) is 12.9. The molecule has 112 valence electrons. The largest absolute Gasteiger partial charge is 0.373 e. The molecule has 4 heteroatoms. The number of rotatable bonds is 4. The predicted molar refractivity (Wildman–Crippen MR) is 79.3 cm³/mol. The van der Waals surface area contributed by atoms with Crippen LogP contribution in [0.25, 0.3) is 0 Å². The van der Waals surface area contributed by atoms with Gasteiger partial charge in [-0.05, 0) is 52.7 Å². The number of nitrogens with zero attached hydrogens (tertiary/aromatic N) is 2. The standard InChI is InChI=1S/C15H31N3O/c1-4-7-17-8-5-15(12-16,6-9-17)18-10-13(2)19-14(3)11-18/h13-14H,4-12,16H2,1-3H3. The van der Waals surface area contributed by atoms with Crippen LogP contribution in [0.3, 0.4) is 0 Å². The van der Waals surface area contributed by atoms with Crippen molar-refractivity contribution in [3.05, 3.63) is 0 Å². The molecule has 0 amide bonds. The van der Waals surface area contributed by atoms with E-state index in [1.165, 1.54) is 38.9 Å². The number of hydrogen-bond donors (Lipinski definition) is 1. The first-order valence-electron chi connectivity index (χ1n) is 7.92. The summed E-state index contributed by atoms with van der Waals surface area (Å²) >= 11 is 0. The van der Waals surface area contributed by atoms with Crippen molar-refractivity contribution in [2.45, 2.75) is 57.8 Å². The Balaban J connectivity index is 1.99. The predicted octanol–water partition coefficient (Wildman–Crippen LogP) is 1.30. The van der Waals surface area contributed by atoms with Gasteiger partial charge in [0, 0.05) is 25.2 Å². The lowest BCUT2D eigenvalue weighted by Gasteiger charge is -2.51. The summed E-state index contributed by atoms with van der Waals surface area (Å²) < 4.78 is 5.86. The van der Waals surface area contributed by atoms with Crippen LogP contribution in [0.2, 0.25) is 0 Å². The fourth-order valence-corrected chi connectivity index (χ4v) is 3.72. The Morgan fingerprint density at radius 2 is 1.74 bits per heavy atom. The van der Waals surface area contributed by atoms with E-state index in [2.05, 4.69) is 30.6 Å². The minimum absolute atomic E-state index is 0.219. The van der Waals surface area contributed by atoms with E-state index in [0.717, 1.165) is 19.6 Å². The number of hydrogen-bond acceptors (Lipinski definition) is 4. The van der Waals surface area contributed by atoms with Gasteiger partial charge < -0.3 is 15.4 Å². The molecule has 0 bridgehead atoms. The Hall–Kier alpha value is -0.160. The Labute approximate surface area is 118 Å². The van der Waals surface area contributed by atoms with Crippen molar-refractivity contribution in [2.24, 2.45) is 5.73 Å². The average molecular weight is 269 g/mol. The molecule has 2 aliphatic rings. The van der Waals surface area contributed by atoms with Crippen LogP contribution in [0.4, 0.5) is 0 Å². The van der Waals surface area contributed by atoms with Crippen molar-refractivity contribution >= 4 is 0 Å². The van der Waals surface area contributed by atoms with Gasteiger partial charge in [-0.2, -0.15) is 0 Å². The van der Waals surface area contributed by atoms with Crippen molar-refractivity contribution in [1.82, 2.24) is 9.80 Å². The van der Waals surface area contributed by atoms with Gasteiger partial charge in [-0.3, -0.25) is 4.90 Å². The minimum atomic E-state index is 0.219. The van der Waals surface area contributed by atoms with Crippen LogP contribution in [0, 0.1) is 0 Å². The van der Waals surface area contributed by atoms with E-state index in [1.807, 2.05) is 0 Å². The van der Waals surface area contributed by atoms with Gasteiger partial charge in [-0.15, -0.1) is 0 Å². The van der Waals surface area contributed by atoms with Crippen molar-refractivity contribution in [3.63, 3.8) is 0 Å². The first-order chi connectivity index (χ1) is 9.09. The van der Waals surface area contributed by atoms with E-state index < -0.39 is 0 Å². The monoisotopic (exact) mass is 269 g/mol. The van der Waals surface area contributed by atoms with Gasteiger partial charge in [0.2, 0.25) is 0 Å². The molecule has 0 spiro atoms. The lowest BCUT2D eigenvalue weighted by Crippen LogP contribution is -2.64. The second-order valence-electron chi connectivity index (χ2n) is 6.43. The molecule has 2 fully saturated rings. The molecule has 0 saturated carbocycles. The van der Waals surface area contributed by atoms with E-state index in [9.17, 15) is 0 Å². The number of morpholine rings is 1.